The molecule has 0 amide bonds. The second kappa shape index (κ2) is 4.17. The smallest absolute Gasteiger partial charge is 0.337 e. The van der Waals surface area contributed by atoms with Crippen molar-refractivity contribution in [3.63, 3.8) is 0 Å². The number of carbonyl (C=O) groups is 1. The Hall–Kier alpha value is -2.20. The summed E-state index contributed by atoms with van der Waals surface area (Å²) in [6.45, 7) is 0. The highest BCUT2D eigenvalue weighted by atomic mass is 19.1. The van der Waals surface area contributed by atoms with E-state index in [9.17, 15) is 9.18 Å². The maximum Gasteiger partial charge on any atom is 0.337 e. The maximum absolute atomic E-state index is 13.9. The summed E-state index contributed by atoms with van der Waals surface area (Å²) in [7, 11) is 1.32. The van der Waals surface area contributed by atoms with Gasteiger partial charge in [0.1, 0.15) is 5.82 Å². The number of hydrogen-bond donors (Lipinski definition) is 1. The van der Waals surface area contributed by atoms with E-state index in [1.807, 2.05) is 0 Å². The van der Waals surface area contributed by atoms with E-state index in [1.165, 1.54) is 13.2 Å². The molecule has 2 N–H and O–H groups in total. The number of esters is 1. The number of rotatable bonds is 1. The lowest BCUT2D eigenvalue weighted by atomic mass is 10.0. The van der Waals surface area contributed by atoms with Crippen molar-refractivity contribution < 1.29 is 13.9 Å². The molecule has 0 radical (unpaired) electrons. The number of halogens is 1. The van der Waals surface area contributed by atoms with Crippen LogP contribution in [0.2, 0.25) is 0 Å². The summed E-state index contributed by atoms with van der Waals surface area (Å²) >= 11 is 0. The molecule has 1 aliphatic rings. The van der Waals surface area contributed by atoms with E-state index in [1.54, 1.807) is 30.3 Å². The largest absolute Gasteiger partial charge is 0.465 e. The fraction of sp³-hybridized carbons (Fsp3) is 0.133. The van der Waals surface area contributed by atoms with Crippen molar-refractivity contribution in [3.05, 3.63) is 58.9 Å². The number of nitrogens with two attached hydrogens (primary N) is 1. The van der Waals surface area contributed by atoms with Gasteiger partial charge in [0.25, 0.3) is 0 Å². The van der Waals surface area contributed by atoms with Crippen LogP contribution >= 0.6 is 0 Å². The summed E-state index contributed by atoms with van der Waals surface area (Å²) in [5, 5.41) is 0. The number of methoxy groups -OCH3 is 1. The molecule has 2 aromatic carbocycles. The molecule has 1 atom stereocenters. The van der Waals surface area contributed by atoms with Gasteiger partial charge in [0, 0.05) is 5.56 Å². The lowest BCUT2D eigenvalue weighted by molar-refractivity contribution is 0.0600. The molecule has 96 valence electrons. The molecule has 0 saturated heterocycles. The standard InChI is InChI=1S/C15H12FNO2/c1-19-15(18)8-5-6-9-11(7-8)14(17)10-3-2-4-12(16)13(9)10/h2-7,14H,17H2,1H3. The van der Waals surface area contributed by atoms with E-state index in [0.29, 0.717) is 11.1 Å². The molecule has 0 aliphatic heterocycles. The SMILES string of the molecule is COC(=O)c1ccc2c(c1)C(N)c1cccc(F)c1-2. The fourth-order valence-electron chi connectivity index (χ4n) is 2.54. The Labute approximate surface area is 109 Å². The third-order valence-corrected chi connectivity index (χ3v) is 3.46. The average molecular weight is 257 g/mol. The van der Waals surface area contributed by atoms with Crippen molar-refractivity contribution in [2.45, 2.75) is 6.04 Å². The first kappa shape index (κ1) is 11.9. The number of hydrogen-bond acceptors (Lipinski definition) is 3. The second-order valence-electron chi connectivity index (χ2n) is 4.48. The predicted octanol–water partition coefficient (Wildman–Crippen LogP) is 2.64. The van der Waals surface area contributed by atoms with Crippen molar-refractivity contribution in [1.82, 2.24) is 0 Å². The van der Waals surface area contributed by atoms with Crippen LogP contribution in [0.15, 0.2) is 36.4 Å². The van der Waals surface area contributed by atoms with Crippen LogP contribution in [0.3, 0.4) is 0 Å². The van der Waals surface area contributed by atoms with Crippen molar-refractivity contribution >= 4 is 5.97 Å². The van der Waals surface area contributed by atoms with Crippen molar-refractivity contribution in [2.24, 2.45) is 5.73 Å². The van der Waals surface area contributed by atoms with Gasteiger partial charge < -0.3 is 10.5 Å². The molecule has 3 nitrogen and oxygen atoms in total. The average Bonchev–Trinajstić information content (AvgIpc) is 2.72. The van der Waals surface area contributed by atoms with Crippen LogP contribution in [0.25, 0.3) is 11.1 Å². The molecule has 19 heavy (non-hydrogen) atoms. The highest BCUT2D eigenvalue weighted by Crippen LogP contribution is 2.43. The first-order chi connectivity index (χ1) is 9.13. The van der Waals surface area contributed by atoms with Crippen LogP contribution in [-0.2, 0) is 4.74 Å². The molecule has 2 aromatic rings. The number of carbonyl (C=O) groups excluding carboxylic acids is 1. The molecular weight excluding hydrogens is 245 g/mol. The molecule has 0 saturated carbocycles. The van der Waals surface area contributed by atoms with Gasteiger partial charge in [-0.1, -0.05) is 18.2 Å². The van der Waals surface area contributed by atoms with Gasteiger partial charge in [0.15, 0.2) is 0 Å². The lowest BCUT2D eigenvalue weighted by Crippen LogP contribution is -2.09. The van der Waals surface area contributed by atoms with E-state index in [0.717, 1.165) is 16.7 Å². The summed E-state index contributed by atoms with van der Waals surface area (Å²) in [6, 6.07) is 9.46. The van der Waals surface area contributed by atoms with E-state index in [2.05, 4.69) is 4.74 Å². The Kier molecular flexibility index (Phi) is 2.61. The third-order valence-electron chi connectivity index (χ3n) is 3.46. The summed E-state index contributed by atoms with van der Waals surface area (Å²) in [5.74, 6) is -0.719. The molecular formula is C15H12FNO2. The van der Waals surface area contributed by atoms with Crippen LogP contribution in [0.1, 0.15) is 27.5 Å². The Morgan fingerprint density at radius 1 is 1.26 bits per heavy atom. The monoisotopic (exact) mass is 257 g/mol. The minimum absolute atomic E-state index is 0.294. The molecule has 0 bridgehead atoms. The second-order valence-corrected chi connectivity index (χ2v) is 4.48. The maximum atomic E-state index is 13.9. The van der Waals surface area contributed by atoms with Crippen molar-refractivity contribution in [2.75, 3.05) is 7.11 Å². The quantitative estimate of drug-likeness (QED) is 0.799. The molecule has 1 aliphatic carbocycles. The number of benzene rings is 2. The first-order valence-corrected chi connectivity index (χ1v) is 5.90. The van der Waals surface area contributed by atoms with Gasteiger partial charge in [0.2, 0.25) is 0 Å². The van der Waals surface area contributed by atoms with Gasteiger partial charge in [-0.15, -0.1) is 0 Å². The normalized spacial score (nSPS) is 15.8. The van der Waals surface area contributed by atoms with Crippen molar-refractivity contribution in [3.8, 4) is 11.1 Å². The Morgan fingerprint density at radius 3 is 2.79 bits per heavy atom. The van der Waals surface area contributed by atoms with Crippen molar-refractivity contribution in [1.29, 1.82) is 0 Å². The van der Waals surface area contributed by atoms with Crippen LogP contribution in [0.4, 0.5) is 4.39 Å². The van der Waals surface area contributed by atoms with Crippen LogP contribution in [0.5, 0.6) is 0 Å². The van der Waals surface area contributed by atoms with Gasteiger partial charge in [-0.3, -0.25) is 0 Å². The van der Waals surface area contributed by atoms with Gasteiger partial charge >= 0.3 is 5.97 Å². The zero-order chi connectivity index (χ0) is 13.6. The van der Waals surface area contributed by atoms with E-state index < -0.39 is 12.0 Å². The van der Waals surface area contributed by atoms with Gasteiger partial charge in [-0.2, -0.15) is 0 Å². The first-order valence-electron chi connectivity index (χ1n) is 5.90. The molecule has 1 unspecified atom stereocenters. The molecule has 0 fully saturated rings. The Balaban J connectivity index is 2.21. The Morgan fingerprint density at radius 2 is 2.05 bits per heavy atom. The third kappa shape index (κ3) is 1.64. The van der Waals surface area contributed by atoms with E-state index >= 15 is 0 Å². The molecule has 0 spiro atoms. The minimum Gasteiger partial charge on any atom is -0.465 e. The highest BCUT2D eigenvalue weighted by molar-refractivity contribution is 5.92. The summed E-state index contributed by atoms with van der Waals surface area (Å²) in [4.78, 5) is 11.5. The molecule has 0 aromatic heterocycles. The topological polar surface area (TPSA) is 52.3 Å². The highest BCUT2D eigenvalue weighted by Gasteiger charge is 2.29. The molecule has 0 heterocycles. The van der Waals surface area contributed by atoms with Gasteiger partial charge in [-0.05, 0) is 34.9 Å². The van der Waals surface area contributed by atoms with Gasteiger partial charge in [-0.25, -0.2) is 9.18 Å². The van der Waals surface area contributed by atoms with Gasteiger partial charge in [0.05, 0.1) is 18.7 Å². The van der Waals surface area contributed by atoms with E-state index in [4.69, 9.17) is 5.73 Å². The van der Waals surface area contributed by atoms with Crippen LogP contribution < -0.4 is 5.73 Å². The summed E-state index contributed by atoms with van der Waals surface area (Å²) in [5.41, 5.74) is 9.31. The fourth-order valence-corrected chi connectivity index (χ4v) is 2.54. The van der Waals surface area contributed by atoms with E-state index in [-0.39, 0.29) is 5.82 Å². The van der Waals surface area contributed by atoms with Crippen LogP contribution in [-0.4, -0.2) is 13.1 Å². The predicted molar refractivity (Wildman–Crippen MR) is 69.2 cm³/mol. The molecule has 3 rings (SSSR count). The zero-order valence-electron chi connectivity index (χ0n) is 10.3. The Bertz CT molecular complexity index is 682. The number of fused-ring (bicyclic) bond motifs is 3. The lowest BCUT2D eigenvalue weighted by Gasteiger charge is -2.07. The summed E-state index contributed by atoms with van der Waals surface area (Å²) < 4.78 is 18.6. The minimum atomic E-state index is -0.425. The zero-order valence-corrected chi connectivity index (χ0v) is 10.3. The van der Waals surface area contributed by atoms with Crippen LogP contribution in [0, 0.1) is 5.82 Å². The molecule has 4 heteroatoms. The number of ether oxygens (including phenoxy) is 1. The summed E-state index contributed by atoms with van der Waals surface area (Å²) in [6.07, 6.45) is 0.